The Morgan fingerprint density at radius 3 is 1.66 bits per heavy atom. The molecule has 0 saturated carbocycles. The molecule has 1 nitrogen and oxygen atoms in total. The highest BCUT2D eigenvalue weighted by molar-refractivity contribution is 6.90. The van der Waals surface area contributed by atoms with Gasteiger partial charge >= 0.3 is 0 Å². The van der Waals surface area contributed by atoms with Gasteiger partial charge in [-0.3, -0.25) is 4.90 Å². The second-order valence-corrected chi connectivity index (χ2v) is 13.1. The molecule has 0 atom stereocenters. The maximum Gasteiger partial charge on any atom is 0.0843 e. The van der Waals surface area contributed by atoms with Crippen LogP contribution in [0, 0.1) is 0 Å². The summed E-state index contributed by atoms with van der Waals surface area (Å²) in [5, 5.41) is 1.54. The molecule has 3 aromatic rings. The highest BCUT2D eigenvalue weighted by Crippen LogP contribution is 2.13. The molecule has 0 aliphatic carbocycles. The molecule has 0 heterocycles. The molecule has 0 aromatic heterocycles. The van der Waals surface area contributed by atoms with Gasteiger partial charge in [-0.25, -0.2) is 0 Å². The summed E-state index contributed by atoms with van der Waals surface area (Å²) in [6.45, 7) is 7.99. The fraction of sp³-hybridized carbons (Fsp3) is 0.259. The lowest BCUT2D eigenvalue weighted by molar-refractivity contribution is 0.262. The lowest BCUT2D eigenvalue weighted by Gasteiger charge is -2.22. The van der Waals surface area contributed by atoms with Gasteiger partial charge in [0, 0.05) is 19.6 Å². The fourth-order valence-corrected chi connectivity index (χ4v) is 5.74. The third kappa shape index (κ3) is 7.15. The molecule has 0 bridgehead atoms. The quantitative estimate of drug-likeness (QED) is 0.288. The van der Waals surface area contributed by atoms with Gasteiger partial charge in [-0.1, -0.05) is 121 Å². The van der Waals surface area contributed by atoms with Gasteiger partial charge in [0.1, 0.15) is 0 Å². The molecule has 3 aromatic carbocycles. The van der Waals surface area contributed by atoms with Crippen LogP contribution in [-0.4, -0.2) is 19.5 Å². The molecule has 3 rings (SSSR count). The van der Waals surface area contributed by atoms with Crippen molar-refractivity contribution in [1.82, 2.24) is 4.90 Å². The molecule has 29 heavy (non-hydrogen) atoms. The smallest absolute Gasteiger partial charge is 0.0843 e. The van der Waals surface area contributed by atoms with Crippen molar-refractivity contribution in [1.29, 1.82) is 0 Å². The zero-order chi connectivity index (χ0) is 20.4. The zero-order valence-electron chi connectivity index (χ0n) is 17.8. The Bertz CT molecular complexity index is 815. The Morgan fingerprint density at radius 1 is 0.655 bits per heavy atom. The molecular formula is C27H33NSi. The number of rotatable bonds is 10. The summed E-state index contributed by atoms with van der Waals surface area (Å²) >= 11 is 0. The van der Waals surface area contributed by atoms with Gasteiger partial charge in [0.2, 0.25) is 0 Å². The third-order valence-electron chi connectivity index (χ3n) is 5.46. The second-order valence-electron chi connectivity index (χ2n) is 8.40. The van der Waals surface area contributed by atoms with Crippen LogP contribution in [0.3, 0.4) is 0 Å². The zero-order valence-corrected chi connectivity index (χ0v) is 18.8. The van der Waals surface area contributed by atoms with E-state index >= 15 is 0 Å². The van der Waals surface area contributed by atoms with Crippen LogP contribution in [0.15, 0.2) is 103 Å². The van der Waals surface area contributed by atoms with E-state index in [1.165, 1.54) is 17.2 Å². The van der Waals surface area contributed by atoms with Crippen LogP contribution in [0.1, 0.15) is 17.5 Å². The minimum Gasteiger partial charge on any atom is -0.295 e. The van der Waals surface area contributed by atoms with Crippen molar-refractivity contribution in [3.8, 4) is 0 Å². The third-order valence-corrected chi connectivity index (χ3v) is 8.61. The van der Waals surface area contributed by atoms with E-state index in [0.29, 0.717) is 0 Å². The Hall–Kier alpha value is -2.42. The summed E-state index contributed by atoms with van der Waals surface area (Å²) in [6, 6.07) is 33.8. The molecule has 150 valence electrons. The number of benzene rings is 3. The lowest BCUT2D eigenvalue weighted by atomic mass is 10.1. The average Bonchev–Trinajstić information content (AvgIpc) is 2.75. The summed E-state index contributed by atoms with van der Waals surface area (Å²) in [4.78, 5) is 2.55. The second kappa shape index (κ2) is 10.9. The maximum atomic E-state index is 2.55. The van der Waals surface area contributed by atoms with Crippen molar-refractivity contribution in [3.05, 3.63) is 114 Å². The van der Waals surface area contributed by atoms with E-state index in [2.05, 4.69) is 121 Å². The number of nitrogens with zero attached hydrogens (tertiary/aromatic N) is 1. The Labute approximate surface area is 177 Å². The average molecular weight is 400 g/mol. The normalized spacial score (nSPS) is 12.0. The Balaban J connectivity index is 1.55. The molecule has 0 N–H and O–H groups in total. The van der Waals surface area contributed by atoms with E-state index in [4.69, 9.17) is 0 Å². The summed E-state index contributed by atoms with van der Waals surface area (Å²) in [5.41, 5.74) is 2.76. The predicted molar refractivity (Wildman–Crippen MR) is 129 cm³/mol. The molecular weight excluding hydrogens is 366 g/mol. The number of hydrogen-bond donors (Lipinski definition) is 0. The van der Waals surface area contributed by atoms with E-state index < -0.39 is 8.07 Å². The molecule has 0 aliphatic heterocycles. The number of hydrogen-bond acceptors (Lipinski definition) is 1. The number of allylic oxidation sites excluding steroid dienone is 1. The van der Waals surface area contributed by atoms with Crippen molar-refractivity contribution in [3.63, 3.8) is 0 Å². The van der Waals surface area contributed by atoms with Gasteiger partial charge in [0.25, 0.3) is 0 Å². The molecule has 0 unspecified atom stereocenters. The maximum absolute atomic E-state index is 2.55. The standard InChI is InChI=1S/C27H33NSi/c1-29(2,27-19-11-5-12-20-27)22-14-6-13-21-28(23-25-15-7-3-8-16-25)24-26-17-9-4-10-18-26/h3-12,14-20H,13,21-24H2,1-2H3/b14-6-. The largest absolute Gasteiger partial charge is 0.295 e. The Morgan fingerprint density at radius 2 is 1.14 bits per heavy atom. The molecule has 0 radical (unpaired) electrons. The molecule has 0 amide bonds. The van der Waals surface area contributed by atoms with E-state index in [9.17, 15) is 0 Å². The van der Waals surface area contributed by atoms with Crippen molar-refractivity contribution < 1.29 is 0 Å². The van der Waals surface area contributed by atoms with Crippen LogP contribution in [0.2, 0.25) is 19.1 Å². The molecule has 2 heteroatoms. The first kappa shape index (κ1) is 21.3. The SMILES string of the molecule is C[Si](C)(C/C=C\CCN(Cc1ccccc1)Cc1ccccc1)c1ccccc1. The minimum absolute atomic E-state index is 0.994. The topological polar surface area (TPSA) is 3.24 Å². The van der Waals surface area contributed by atoms with E-state index in [1.54, 1.807) is 5.19 Å². The van der Waals surface area contributed by atoms with Crippen LogP contribution in [0.5, 0.6) is 0 Å². The van der Waals surface area contributed by atoms with Gasteiger partial charge < -0.3 is 0 Å². The van der Waals surface area contributed by atoms with Crippen molar-refractivity contribution in [2.24, 2.45) is 0 Å². The van der Waals surface area contributed by atoms with Gasteiger partial charge in [-0.15, -0.1) is 0 Å². The van der Waals surface area contributed by atoms with Gasteiger partial charge in [-0.2, -0.15) is 0 Å². The van der Waals surface area contributed by atoms with Crippen molar-refractivity contribution in [2.75, 3.05) is 6.54 Å². The lowest BCUT2D eigenvalue weighted by Crippen LogP contribution is -2.40. The van der Waals surface area contributed by atoms with Crippen LogP contribution < -0.4 is 5.19 Å². The van der Waals surface area contributed by atoms with Gasteiger partial charge in [0.15, 0.2) is 0 Å². The molecule has 0 fully saturated rings. The van der Waals surface area contributed by atoms with Gasteiger partial charge in [0.05, 0.1) is 8.07 Å². The predicted octanol–water partition coefficient (Wildman–Crippen LogP) is 6.25. The first-order chi connectivity index (χ1) is 14.1. The summed E-state index contributed by atoms with van der Waals surface area (Å²) in [5.74, 6) is 0. The van der Waals surface area contributed by atoms with Crippen LogP contribution in [-0.2, 0) is 13.1 Å². The van der Waals surface area contributed by atoms with E-state index in [1.807, 2.05) is 0 Å². The van der Waals surface area contributed by atoms with Crippen LogP contribution in [0.25, 0.3) is 0 Å². The summed E-state index contributed by atoms with van der Waals surface area (Å²) in [6.07, 6.45) is 5.90. The molecule has 0 aliphatic rings. The summed E-state index contributed by atoms with van der Waals surface area (Å²) < 4.78 is 0. The molecule has 0 saturated heterocycles. The highest BCUT2D eigenvalue weighted by atomic mass is 28.3. The first-order valence-corrected chi connectivity index (χ1v) is 13.8. The monoisotopic (exact) mass is 399 g/mol. The van der Waals surface area contributed by atoms with Gasteiger partial charge in [-0.05, 0) is 23.6 Å². The van der Waals surface area contributed by atoms with E-state index in [0.717, 1.165) is 26.1 Å². The summed E-state index contributed by atoms with van der Waals surface area (Å²) in [7, 11) is -1.38. The fourth-order valence-electron chi connectivity index (χ4n) is 3.66. The highest BCUT2D eigenvalue weighted by Gasteiger charge is 2.20. The van der Waals surface area contributed by atoms with Crippen molar-refractivity contribution in [2.45, 2.75) is 38.6 Å². The minimum atomic E-state index is -1.38. The van der Waals surface area contributed by atoms with Crippen molar-refractivity contribution >= 4 is 13.3 Å². The molecule has 0 spiro atoms. The van der Waals surface area contributed by atoms with Crippen LogP contribution >= 0.6 is 0 Å². The van der Waals surface area contributed by atoms with Crippen LogP contribution in [0.4, 0.5) is 0 Å². The first-order valence-electron chi connectivity index (χ1n) is 10.6. The van der Waals surface area contributed by atoms with E-state index in [-0.39, 0.29) is 0 Å². The Kier molecular flexibility index (Phi) is 8.03.